The first-order chi connectivity index (χ1) is 13.5. The van der Waals surface area contributed by atoms with Crippen LogP contribution >= 0.6 is 0 Å². The summed E-state index contributed by atoms with van der Waals surface area (Å²) in [5, 5.41) is 0. The molecule has 4 heteroatoms. The monoisotopic (exact) mass is 388 g/mol. The quantitative estimate of drug-likeness (QED) is 0.521. The van der Waals surface area contributed by atoms with Gasteiger partial charge in [0, 0.05) is 17.7 Å². The van der Waals surface area contributed by atoms with Gasteiger partial charge in [-0.25, -0.2) is 13.2 Å². The zero-order valence-corrected chi connectivity index (χ0v) is 16.5. The zero-order chi connectivity index (χ0) is 20.1. The van der Waals surface area contributed by atoms with E-state index in [1.807, 2.05) is 32.1 Å². The molecule has 0 N–H and O–H groups in total. The van der Waals surface area contributed by atoms with Gasteiger partial charge >= 0.3 is 0 Å². The Morgan fingerprint density at radius 3 is 2.43 bits per heavy atom. The molecule has 0 bridgehead atoms. The van der Waals surface area contributed by atoms with Gasteiger partial charge in [-0.05, 0) is 68.6 Å². The molecule has 0 atom stereocenters. The fraction of sp³-hybridized carbons (Fsp3) is 0.417. The Kier molecular flexibility index (Phi) is 6.95. The van der Waals surface area contributed by atoms with Crippen LogP contribution in [0.3, 0.4) is 0 Å². The largest absolute Gasteiger partial charge is 0.377 e. The van der Waals surface area contributed by atoms with Crippen molar-refractivity contribution in [3.05, 3.63) is 76.1 Å². The highest BCUT2D eigenvalue weighted by molar-refractivity contribution is 5.51. The summed E-state index contributed by atoms with van der Waals surface area (Å²) in [5.41, 5.74) is 2.21. The van der Waals surface area contributed by atoms with Gasteiger partial charge in [-0.3, -0.25) is 0 Å². The van der Waals surface area contributed by atoms with E-state index in [1.165, 1.54) is 6.07 Å². The highest BCUT2D eigenvalue weighted by Gasteiger charge is 2.25. The summed E-state index contributed by atoms with van der Waals surface area (Å²) in [6.07, 6.45) is 7.25. The Hall–Kier alpha value is -2.07. The third kappa shape index (κ3) is 4.85. The van der Waals surface area contributed by atoms with Gasteiger partial charge in [0.1, 0.15) is 5.82 Å². The Morgan fingerprint density at radius 1 is 1.00 bits per heavy atom. The predicted octanol–water partition coefficient (Wildman–Crippen LogP) is 6.94. The lowest BCUT2D eigenvalue weighted by Gasteiger charge is -2.27. The smallest absolute Gasteiger partial charge is 0.164 e. The topological polar surface area (TPSA) is 9.23 Å². The Morgan fingerprint density at radius 2 is 1.75 bits per heavy atom. The molecule has 0 amide bonds. The molecule has 1 saturated carbocycles. The fourth-order valence-electron chi connectivity index (χ4n) is 3.87. The average molecular weight is 388 g/mol. The lowest BCUT2D eigenvalue weighted by atomic mass is 9.78. The molecular formula is C24H27F3O. The molecule has 150 valence electrons. The number of hydrogen-bond acceptors (Lipinski definition) is 1. The molecule has 0 saturated heterocycles. The number of rotatable bonds is 6. The Balaban J connectivity index is 1.62. The zero-order valence-electron chi connectivity index (χ0n) is 16.5. The second-order valence-electron chi connectivity index (χ2n) is 7.57. The highest BCUT2D eigenvalue weighted by atomic mass is 19.2. The van der Waals surface area contributed by atoms with Gasteiger partial charge in [0.15, 0.2) is 11.6 Å². The molecule has 1 aliphatic rings. The van der Waals surface area contributed by atoms with Crippen molar-refractivity contribution in [2.75, 3.05) is 6.61 Å². The normalized spacial score (nSPS) is 20.0. The van der Waals surface area contributed by atoms with Crippen LogP contribution in [0.5, 0.6) is 0 Å². The SMILES string of the molecule is CCOCc1ccc(C2CCC(/C=C/c3ccc(C)cc3F)CC2)c(F)c1F. The lowest BCUT2D eigenvalue weighted by molar-refractivity contribution is 0.131. The van der Waals surface area contributed by atoms with Crippen LogP contribution in [-0.2, 0) is 11.3 Å². The molecule has 3 rings (SSSR count). The molecule has 0 aliphatic heterocycles. The van der Waals surface area contributed by atoms with Crippen molar-refractivity contribution >= 4 is 6.08 Å². The van der Waals surface area contributed by atoms with Crippen LogP contribution < -0.4 is 0 Å². The van der Waals surface area contributed by atoms with Crippen molar-refractivity contribution in [3.63, 3.8) is 0 Å². The molecule has 1 nitrogen and oxygen atoms in total. The summed E-state index contributed by atoms with van der Waals surface area (Å²) < 4.78 is 48.0. The van der Waals surface area contributed by atoms with E-state index in [0.29, 0.717) is 23.7 Å². The third-order valence-corrected chi connectivity index (χ3v) is 5.57. The molecule has 0 radical (unpaired) electrons. The first kappa shape index (κ1) is 20.7. The minimum atomic E-state index is -0.789. The van der Waals surface area contributed by atoms with Gasteiger partial charge in [0.25, 0.3) is 0 Å². The Bertz CT molecular complexity index is 836. The minimum absolute atomic E-state index is 0.0244. The standard InChI is InChI=1S/C24H27F3O/c1-3-28-15-20-12-13-21(24(27)23(20)26)18-9-5-17(6-10-18)7-11-19-8-4-16(2)14-22(19)25/h4,7-8,11-14,17-18H,3,5-6,9-10,15H2,1-2H3/b11-7+. The number of hydrogen-bond donors (Lipinski definition) is 0. The first-order valence-corrected chi connectivity index (χ1v) is 9.98. The molecule has 0 heterocycles. The maximum atomic E-state index is 14.5. The molecule has 0 aromatic heterocycles. The van der Waals surface area contributed by atoms with Crippen molar-refractivity contribution in [1.82, 2.24) is 0 Å². The number of aryl methyl sites for hydroxylation is 1. The van der Waals surface area contributed by atoms with Gasteiger partial charge in [-0.1, -0.05) is 36.4 Å². The van der Waals surface area contributed by atoms with Crippen molar-refractivity contribution in [3.8, 4) is 0 Å². The molecule has 1 fully saturated rings. The molecule has 0 spiro atoms. The summed E-state index contributed by atoms with van der Waals surface area (Å²) in [5.74, 6) is -1.38. The second-order valence-corrected chi connectivity index (χ2v) is 7.57. The summed E-state index contributed by atoms with van der Waals surface area (Å²) in [4.78, 5) is 0. The number of benzene rings is 2. The van der Waals surface area contributed by atoms with Gasteiger partial charge in [0.05, 0.1) is 6.61 Å². The van der Waals surface area contributed by atoms with Crippen LogP contribution in [0.1, 0.15) is 60.8 Å². The summed E-state index contributed by atoms with van der Waals surface area (Å²) in [6, 6.07) is 8.55. The molecule has 28 heavy (non-hydrogen) atoms. The van der Waals surface area contributed by atoms with E-state index in [-0.39, 0.29) is 23.9 Å². The van der Waals surface area contributed by atoms with Gasteiger partial charge in [-0.2, -0.15) is 0 Å². The van der Waals surface area contributed by atoms with Crippen LogP contribution in [-0.4, -0.2) is 6.61 Å². The van der Waals surface area contributed by atoms with Crippen molar-refractivity contribution in [2.24, 2.45) is 5.92 Å². The first-order valence-electron chi connectivity index (χ1n) is 9.98. The van der Waals surface area contributed by atoms with Crippen molar-refractivity contribution in [2.45, 2.75) is 52.1 Å². The van der Waals surface area contributed by atoms with Crippen molar-refractivity contribution < 1.29 is 17.9 Å². The van der Waals surface area contributed by atoms with E-state index >= 15 is 0 Å². The van der Waals surface area contributed by atoms with E-state index in [2.05, 4.69) is 0 Å². The third-order valence-electron chi connectivity index (χ3n) is 5.57. The van der Waals surface area contributed by atoms with Crippen LogP contribution in [0.25, 0.3) is 6.08 Å². The van der Waals surface area contributed by atoms with E-state index in [9.17, 15) is 13.2 Å². The second kappa shape index (κ2) is 9.42. The number of halogens is 3. The summed E-state index contributed by atoms with van der Waals surface area (Å²) >= 11 is 0. The van der Waals surface area contributed by atoms with Crippen LogP contribution in [0, 0.1) is 30.3 Å². The van der Waals surface area contributed by atoms with Crippen LogP contribution in [0.15, 0.2) is 36.4 Å². The summed E-state index contributed by atoms with van der Waals surface area (Å²) in [7, 11) is 0. The average Bonchev–Trinajstić information content (AvgIpc) is 2.69. The molecule has 2 aromatic carbocycles. The van der Waals surface area contributed by atoms with E-state index in [4.69, 9.17) is 4.74 Å². The molecule has 0 unspecified atom stereocenters. The summed E-state index contributed by atoms with van der Waals surface area (Å²) in [6.45, 7) is 4.24. The van der Waals surface area contributed by atoms with Crippen molar-refractivity contribution in [1.29, 1.82) is 0 Å². The minimum Gasteiger partial charge on any atom is -0.377 e. The Labute approximate surface area is 165 Å². The molecular weight excluding hydrogens is 361 g/mol. The van der Waals surface area contributed by atoms with Crippen LogP contribution in [0.2, 0.25) is 0 Å². The van der Waals surface area contributed by atoms with Gasteiger partial charge in [-0.15, -0.1) is 0 Å². The van der Waals surface area contributed by atoms with E-state index in [0.717, 1.165) is 31.2 Å². The predicted molar refractivity (Wildman–Crippen MR) is 107 cm³/mol. The lowest BCUT2D eigenvalue weighted by Crippen LogP contribution is -2.14. The molecule has 2 aromatic rings. The number of allylic oxidation sites excluding steroid dienone is 1. The molecule has 1 aliphatic carbocycles. The fourth-order valence-corrected chi connectivity index (χ4v) is 3.87. The van der Waals surface area contributed by atoms with E-state index < -0.39 is 11.6 Å². The van der Waals surface area contributed by atoms with Gasteiger partial charge in [0.2, 0.25) is 0 Å². The highest BCUT2D eigenvalue weighted by Crippen LogP contribution is 2.38. The van der Waals surface area contributed by atoms with Crippen LogP contribution in [0.4, 0.5) is 13.2 Å². The maximum absolute atomic E-state index is 14.5. The van der Waals surface area contributed by atoms with E-state index in [1.54, 1.807) is 18.2 Å². The van der Waals surface area contributed by atoms with Gasteiger partial charge < -0.3 is 4.74 Å². The number of ether oxygens (including phenoxy) is 1. The maximum Gasteiger partial charge on any atom is 0.164 e.